The van der Waals surface area contributed by atoms with Crippen LogP contribution in [0.1, 0.15) is 55.3 Å². The van der Waals surface area contributed by atoms with E-state index in [9.17, 15) is 14.7 Å². The number of benzene rings is 3. The molecule has 0 fully saturated rings. The fourth-order valence-electron chi connectivity index (χ4n) is 3.78. The van der Waals surface area contributed by atoms with Crippen molar-refractivity contribution in [3.8, 4) is 11.1 Å². The molecule has 0 radical (unpaired) electrons. The van der Waals surface area contributed by atoms with Gasteiger partial charge in [-0.25, -0.2) is 9.59 Å². The number of carbonyl (C=O) groups is 2. The molecule has 1 atom stereocenters. The minimum absolute atomic E-state index is 0.0774. The Morgan fingerprint density at radius 2 is 1.68 bits per heavy atom. The van der Waals surface area contributed by atoms with Crippen LogP contribution in [0.5, 0.6) is 0 Å². The maximum Gasteiger partial charge on any atom is 0.410 e. The van der Waals surface area contributed by atoms with E-state index in [1.54, 1.807) is 37.3 Å². The predicted octanol–water partition coefficient (Wildman–Crippen LogP) is 6.70. The van der Waals surface area contributed by atoms with Crippen LogP contribution in [0.4, 0.5) is 4.79 Å². The number of hydrogen-bond acceptors (Lipinski definition) is 5. The molecule has 37 heavy (non-hydrogen) atoms. The average Bonchev–Trinajstić information content (AvgIpc) is 2.86. The second-order valence-corrected chi connectivity index (χ2v) is 10.2. The van der Waals surface area contributed by atoms with E-state index in [1.165, 1.54) is 4.90 Å². The minimum Gasteiger partial charge on any atom is -0.462 e. The lowest BCUT2D eigenvalue weighted by molar-refractivity contribution is 0.0147. The van der Waals surface area contributed by atoms with Gasteiger partial charge in [-0.3, -0.25) is 0 Å². The van der Waals surface area contributed by atoms with Gasteiger partial charge in [-0.05, 0) is 80.6 Å². The Morgan fingerprint density at radius 1 is 0.973 bits per heavy atom. The number of aliphatic hydroxyl groups is 1. The summed E-state index contributed by atoms with van der Waals surface area (Å²) in [5.74, 6) is -0.344. The van der Waals surface area contributed by atoms with Gasteiger partial charge in [0.1, 0.15) is 5.60 Å². The van der Waals surface area contributed by atoms with Crippen molar-refractivity contribution in [2.24, 2.45) is 0 Å². The summed E-state index contributed by atoms with van der Waals surface area (Å²) in [5.41, 5.74) is 3.39. The highest BCUT2D eigenvalue weighted by molar-refractivity contribution is 6.30. The highest BCUT2D eigenvalue weighted by atomic mass is 35.5. The van der Waals surface area contributed by atoms with Crippen molar-refractivity contribution in [2.45, 2.75) is 45.8 Å². The summed E-state index contributed by atoms with van der Waals surface area (Å²) in [6.45, 7) is 7.99. The molecule has 0 bridgehead atoms. The predicted molar refractivity (Wildman–Crippen MR) is 146 cm³/mol. The zero-order chi connectivity index (χ0) is 27.0. The van der Waals surface area contributed by atoms with Crippen LogP contribution < -0.4 is 0 Å². The number of rotatable bonds is 9. The van der Waals surface area contributed by atoms with Crippen molar-refractivity contribution in [1.82, 2.24) is 4.90 Å². The number of halogens is 1. The summed E-state index contributed by atoms with van der Waals surface area (Å²) in [6.07, 6.45) is -0.814. The van der Waals surface area contributed by atoms with Gasteiger partial charge in [0, 0.05) is 11.6 Å². The number of nitrogens with zero attached hydrogens (tertiary/aromatic N) is 1. The molecular weight excluding hydrogens is 490 g/mol. The molecule has 7 heteroatoms. The number of hydrogen-bond donors (Lipinski definition) is 1. The van der Waals surface area contributed by atoms with Gasteiger partial charge in [-0.1, -0.05) is 60.1 Å². The van der Waals surface area contributed by atoms with Crippen molar-refractivity contribution in [2.75, 3.05) is 19.7 Å². The van der Waals surface area contributed by atoms with Crippen LogP contribution in [0, 0.1) is 0 Å². The molecule has 3 aromatic rings. The molecule has 0 heterocycles. The van der Waals surface area contributed by atoms with Crippen molar-refractivity contribution in [1.29, 1.82) is 0 Å². The Kier molecular flexibility index (Phi) is 9.73. The third-order valence-corrected chi connectivity index (χ3v) is 5.84. The van der Waals surface area contributed by atoms with Crippen LogP contribution in [0.25, 0.3) is 11.1 Å². The second kappa shape index (κ2) is 12.7. The van der Waals surface area contributed by atoms with Gasteiger partial charge < -0.3 is 19.5 Å². The molecule has 3 aromatic carbocycles. The lowest BCUT2D eigenvalue weighted by Crippen LogP contribution is -2.40. The van der Waals surface area contributed by atoms with Crippen LogP contribution in [0.3, 0.4) is 0 Å². The van der Waals surface area contributed by atoms with Gasteiger partial charge in [0.15, 0.2) is 0 Å². The summed E-state index contributed by atoms with van der Waals surface area (Å²) in [5, 5.41) is 11.3. The second-order valence-electron chi connectivity index (χ2n) is 9.75. The zero-order valence-electron chi connectivity index (χ0n) is 21.7. The Labute approximate surface area is 223 Å². The SMILES string of the molecule is CCOC(=O)c1cccc(-c2ccc(CCN(C[C@H](O)c3cccc(Cl)c3)C(=O)OC(C)(C)C)cc2)c1. The number of esters is 1. The zero-order valence-corrected chi connectivity index (χ0v) is 22.5. The van der Waals surface area contributed by atoms with Crippen LogP contribution in [0.2, 0.25) is 5.02 Å². The van der Waals surface area contributed by atoms with Crippen molar-refractivity contribution < 1.29 is 24.2 Å². The first-order chi connectivity index (χ1) is 17.6. The van der Waals surface area contributed by atoms with Gasteiger partial charge in [-0.15, -0.1) is 0 Å². The van der Waals surface area contributed by atoms with Crippen LogP contribution in [0.15, 0.2) is 72.8 Å². The summed E-state index contributed by atoms with van der Waals surface area (Å²) in [6, 6.07) is 22.3. The molecule has 1 N–H and O–H groups in total. The molecular formula is C30H34ClNO5. The number of amides is 1. The first kappa shape index (κ1) is 28.2. The maximum absolute atomic E-state index is 12.9. The van der Waals surface area contributed by atoms with Gasteiger partial charge in [0.2, 0.25) is 0 Å². The highest BCUT2D eigenvalue weighted by Crippen LogP contribution is 2.23. The molecule has 0 spiro atoms. The standard InChI is InChI=1S/C30H34ClNO5/c1-5-36-28(34)25-10-6-8-23(18-25)22-14-12-21(13-15-22)16-17-32(29(35)37-30(2,3)4)20-27(33)24-9-7-11-26(31)19-24/h6-15,18-19,27,33H,5,16-17,20H2,1-4H3/t27-/m0/s1. The van der Waals surface area contributed by atoms with E-state index in [-0.39, 0.29) is 12.5 Å². The monoisotopic (exact) mass is 523 g/mol. The molecule has 0 saturated heterocycles. The van der Waals surface area contributed by atoms with Crippen LogP contribution >= 0.6 is 11.6 Å². The lowest BCUT2D eigenvalue weighted by atomic mass is 10.0. The highest BCUT2D eigenvalue weighted by Gasteiger charge is 2.24. The third-order valence-electron chi connectivity index (χ3n) is 5.61. The van der Waals surface area contributed by atoms with Crippen LogP contribution in [-0.4, -0.2) is 47.4 Å². The summed E-state index contributed by atoms with van der Waals surface area (Å²) in [4.78, 5) is 26.5. The van der Waals surface area contributed by atoms with E-state index < -0.39 is 17.8 Å². The minimum atomic E-state index is -0.903. The van der Waals surface area contributed by atoms with E-state index in [2.05, 4.69) is 0 Å². The molecule has 0 aliphatic carbocycles. The van der Waals surface area contributed by atoms with Gasteiger partial charge in [-0.2, -0.15) is 0 Å². The Hall–Kier alpha value is -3.35. The Balaban J connectivity index is 1.71. The quantitative estimate of drug-likeness (QED) is 0.316. The van der Waals surface area contributed by atoms with Crippen molar-refractivity contribution >= 4 is 23.7 Å². The molecule has 6 nitrogen and oxygen atoms in total. The number of aliphatic hydroxyl groups excluding tert-OH is 1. The summed E-state index contributed by atoms with van der Waals surface area (Å²) >= 11 is 6.07. The van der Waals surface area contributed by atoms with E-state index in [0.29, 0.717) is 35.7 Å². The summed E-state index contributed by atoms with van der Waals surface area (Å²) in [7, 11) is 0. The van der Waals surface area contributed by atoms with Gasteiger partial charge >= 0.3 is 12.1 Å². The molecule has 196 valence electrons. The van der Waals surface area contributed by atoms with Gasteiger partial charge in [0.05, 0.1) is 24.8 Å². The molecule has 3 rings (SSSR count). The molecule has 0 unspecified atom stereocenters. The maximum atomic E-state index is 12.9. The van der Waals surface area contributed by atoms with E-state index in [4.69, 9.17) is 21.1 Å². The van der Waals surface area contributed by atoms with E-state index >= 15 is 0 Å². The normalized spacial score (nSPS) is 12.1. The average molecular weight is 524 g/mol. The fraction of sp³-hybridized carbons (Fsp3) is 0.333. The van der Waals surface area contributed by atoms with Crippen LogP contribution in [-0.2, 0) is 15.9 Å². The fourth-order valence-corrected chi connectivity index (χ4v) is 3.98. The smallest absolute Gasteiger partial charge is 0.410 e. The van der Waals surface area contributed by atoms with E-state index in [1.807, 2.05) is 63.2 Å². The Bertz CT molecular complexity index is 1200. The van der Waals surface area contributed by atoms with Crippen molar-refractivity contribution in [3.05, 3.63) is 94.5 Å². The molecule has 1 amide bonds. The molecule has 0 aliphatic heterocycles. The first-order valence-corrected chi connectivity index (χ1v) is 12.7. The topological polar surface area (TPSA) is 76.1 Å². The molecule has 0 saturated carbocycles. The van der Waals surface area contributed by atoms with Crippen molar-refractivity contribution in [3.63, 3.8) is 0 Å². The molecule has 0 aliphatic rings. The lowest BCUT2D eigenvalue weighted by Gasteiger charge is -2.29. The third kappa shape index (κ3) is 8.62. The first-order valence-electron chi connectivity index (χ1n) is 12.3. The molecule has 0 aromatic heterocycles. The Morgan fingerprint density at radius 3 is 2.32 bits per heavy atom. The number of carbonyl (C=O) groups excluding carboxylic acids is 2. The summed E-state index contributed by atoms with van der Waals surface area (Å²) < 4.78 is 10.7. The largest absolute Gasteiger partial charge is 0.462 e. The van der Waals surface area contributed by atoms with E-state index in [0.717, 1.165) is 16.7 Å². The van der Waals surface area contributed by atoms with Gasteiger partial charge in [0.25, 0.3) is 0 Å². The number of ether oxygens (including phenoxy) is 2.